The second-order valence-corrected chi connectivity index (χ2v) is 0.844. The van der Waals surface area contributed by atoms with Crippen molar-refractivity contribution in [1.82, 2.24) is 0 Å². The smallest absolute Gasteiger partial charge is 0.542 e. The fourth-order valence-electron chi connectivity index (χ4n) is 0. The Bertz CT molecular complexity index is 76.2. The van der Waals surface area contributed by atoms with Gasteiger partial charge in [0.25, 0.3) is 0 Å². The number of rotatable bonds is 1. The van der Waals surface area contributed by atoms with E-state index in [1.807, 2.05) is 0 Å². The van der Waals surface area contributed by atoms with Crippen LogP contribution in [-0.2, 0) is 9.59 Å². The van der Waals surface area contributed by atoms with Crippen LogP contribution in [0, 0.1) is 0 Å². The molecule has 0 aromatic rings. The van der Waals surface area contributed by atoms with E-state index in [2.05, 4.69) is 0 Å². The molecule has 3 nitrogen and oxygen atoms in total. The molecule has 0 aromatic heterocycles. The number of carboxylic acid groups (broad SMARTS) is 1. The fourth-order valence-corrected chi connectivity index (χ4v) is 0. The number of aliphatic carboxylic acids is 1. The number of hydrogen-bond acceptors (Lipinski definition) is 3. The number of carbonyl (C=O) groups excluding carboxylic acids is 2. The average molecular weight is 112 g/mol. The van der Waals surface area contributed by atoms with Crippen molar-refractivity contribution in [3.05, 3.63) is 0 Å². The molecule has 0 aliphatic heterocycles. The van der Waals surface area contributed by atoms with Crippen LogP contribution in [-0.4, -0.2) is 11.8 Å². The number of hydrogen-bond donors (Lipinski definition) is 0. The normalized spacial score (nSPS) is 6.43. The average Bonchev–Trinajstić information content (AvgIpc) is 1.36. The van der Waals surface area contributed by atoms with Gasteiger partial charge < -0.3 is 9.90 Å². The Kier molecular flexibility index (Phi) is 6.26. The minimum absolute atomic E-state index is 0. The zero-order chi connectivity index (χ0) is 5.15. The zero-order valence-electron chi connectivity index (χ0n) is 4.22. The first-order valence-corrected chi connectivity index (χ1v) is 1.36. The second-order valence-electron chi connectivity index (χ2n) is 0.844. The van der Waals surface area contributed by atoms with Crippen LogP contribution in [0.3, 0.4) is 0 Å². The van der Waals surface area contributed by atoms with Gasteiger partial charge in [0.05, 0.1) is 0 Å². The van der Waals surface area contributed by atoms with Gasteiger partial charge in [-0.15, -0.1) is 0 Å². The summed E-state index contributed by atoms with van der Waals surface area (Å²) in [5, 5.41) is 9.24. The van der Waals surface area contributed by atoms with Gasteiger partial charge in [-0.05, 0) is 0 Å². The summed E-state index contributed by atoms with van der Waals surface area (Å²) in [4.78, 5) is 18.7. The molecule has 0 rings (SSSR count). The summed E-state index contributed by atoms with van der Waals surface area (Å²) >= 11 is 0. The van der Waals surface area contributed by atoms with Gasteiger partial charge in [-0.3, -0.25) is 4.79 Å². The second kappa shape index (κ2) is 4.30. The van der Waals surface area contributed by atoms with E-state index in [0.717, 1.165) is 6.92 Å². The molecular weight excluding hydrogens is 109 g/mol. The van der Waals surface area contributed by atoms with Crippen molar-refractivity contribution in [1.29, 1.82) is 0 Å². The van der Waals surface area contributed by atoms with Gasteiger partial charge in [0.1, 0.15) is 5.97 Å². The molecule has 0 bridgehead atoms. The third kappa shape index (κ3) is 6.14. The van der Waals surface area contributed by atoms with Crippen molar-refractivity contribution in [2.24, 2.45) is 0 Å². The van der Waals surface area contributed by atoms with Gasteiger partial charge in [-0.1, -0.05) is 0 Å². The molecule has 0 atom stereocenters. The van der Waals surface area contributed by atoms with Crippen LogP contribution < -0.4 is 34.7 Å². The molecule has 0 amide bonds. The summed E-state index contributed by atoms with van der Waals surface area (Å²) in [6.07, 6.45) is 0. The van der Waals surface area contributed by atoms with Crippen molar-refractivity contribution in [3.63, 3.8) is 0 Å². The fraction of sp³-hybridized carbons (Fsp3) is 0.333. The minimum atomic E-state index is -1.63. The Hall–Kier alpha value is 0.140. The monoisotopic (exact) mass is 112 g/mol. The van der Waals surface area contributed by atoms with Crippen LogP contribution in [0.5, 0.6) is 0 Å². The quantitative estimate of drug-likeness (QED) is 0.253. The van der Waals surface area contributed by atoms with Gasteiger partial charge >= 0.3 is 29.6 Å². The van der Waals surface area contributed by atoms with Crippen LogP contribution in [0.25, 0.3) is 0 Å². The number of ketones is 1. The van der Waals surface area contributed by atoms with E-state index in [9.17, 15) is 14.7 Å². The molecule has 0 saturated heterocycles. The van der Waals surface area contributed by atoms with Crippen LogP contribution in [0.4, 0.5) is 0 Å². The van der Waals surface area contributed by atoms with Gasteiger partial charge in [-0.2, -0.15) is 0 Å². The molecule has 4 heteroatoms. The summed E-state index contributed by atoms with van der Waals surface area (Å²) in [6.45, 7) is 0.940. The molecule has 34 valence electrons. The van der Waals surface area contributed by atoms with Crippen LogP contribution in [0.2, 0.25) is 0 Å². The van der Waals surface area contributed by atoms with Gasteiger partial charge in [0.2, 0.25) is 0 Å². The maximum atomic E-state index is 9.48. The maximum absolute atomic E-state index is 9.48. The van der Waals surface area contributed by atoms with Crippen molar-refractivity contribution < 1.29 is 44.3 Å². The summed E-state index contributed by atoms with van der Waals surface area (Å²) in [7, 11) is 0. The standard InChI is InChI=1S/C3H4O3.Na/c1-2(4)3(5)6;/h1H3,(H,5,6);/q;+1/p-1/i2+2;. The molecule has 0 aliphatic carbocycles. The molecule has 0 heterocycles. The molecule has 0 N–H and O–H groups in total. The first kappa shape index (κ1) is 10.2. The molecule has 0 aromatic carbocycles. The number of carboxylic acids is 1. The van der Waals surface area contributed by atoms with E-state index in [4.69, 9.17) is 0 Å². The summed E-state index contributed by atoms with van der Waals surface area (Å²) in [6, 6.07) is 0. The largest absolute Gasteiger partial charge is 1.00 e. The maximum Gasteiger partial charge on any atom is 1.00 e. The van der Waals surface area contributed by atoms with Crippen molar-refractivity contribution in [2.45, 2.75) is 6.92 Å². The van der Waals surface area contributed by atoms with E-state index in [-0.39, 0.29) is 29.6 Å². The number of carbonyl (C=O) groups is 2. The third-order valence-corrected chi connectivity index (χ3v) is 0.287. The van der Waals surface area contributed by atoms with Gasteiger partial charge in [-0.25, -0.2) is 0 Å². The predicted molar refractivity (Wildman–Crippen MR) is 15.7 cm³/mol. The van der Waals surface area contributed by atoms with E-state index in [1.165, 1.54) is 0 Å². The van der Waals surface area contributed by atoms with Crippen molar-refractivity contribution in [2.75, 3.05) is 0 Å². The Balaban J connectivity index is 0. The molecule has 0 saturated carbocycles. The van der Waals surface area contributed by atoms with Crippen molar-refractivity contribution in [3.8, 4) is 0 Å². The van der Waals surface area contributed by atoms with Gasteiger partial charge in [0, 0.05) is 6.92 Å². The third-order valence-electron chi connectivity index (χ3n) is 0.287. The predicted octanol–water partition coefficient (Wildman–Crippen LogP) is -4.67. The first-order valence-electron chi connectivity index (χ1n) is 1.36. The topological polar surface area (TPSA) is 57.2 Å². The number of Topliss-reactive ketones (excluding diaryl/α,β-unsaturated/α-hetero) is 1. The Morgan fingerprint density at radius 3 is 1.86 bits per heavy atom. The Labute approximate surface area is 63.0 Å². The van der Waals surface area contributed by atoms with Crippen molar-refractivity contribution >= 4 is 11.8 Å². The summed E-state index contributed by atoms with van der Waals surface area (Å²) in [5.41, 5.74) is 0. The van der Waals surface area contributed by atoms with Crippen LogP contribution in [0.15, 0.2) is 0 Å². The Morgan fingerprint density at radius 1 is 1.71 bits per heavy atom. The van der Waals surface area contributed by atoms with Crippen LogP contribution >= 0.6 is 0 Å². The van der Waals surface area contributed by atoms with Gasteiger partial charge in [0.15, 0.2) is 5.78 Å². The SMILES string of the molecule is C[14C](=O)C(=O)[O-].[Na+]. The van der Waals surface area contributed by atoms with E-state index in [1.54, 1.807) is 0 Å². The molecule has 0 unspecified atom stereocenters. The molecular formula is C3H3NaO3. The molecule has 0 fully saturated rings. The molecule has 0 radical (unpaired) electrons. The Morgan fingerprint density at radius 2 is 1.86 bits per heavy atom. The summed E-state index contributed by atoms with van der Waals surface area (Å²) < 4.78 is 0. The van der Waals surface area contributed by atoms with Crippen LogP contribution in [0.1, 0.15) is 6.92 Å². The summed E-state index contributed by atoms with van der Waals surface area (Å²) in [5.74, 6) is -2.56. The van der Waals surface area contributed by atoms with E-state index in [0.29, 0.717) is 0 Å². The van der Waals surface area contributed by atoms with E-state index < -0.39 is 11.8 Å². The zero-order valence-corrected chi connectivity index (χ0v) is 6.22. The first-order chi connectivity index (χ1) is 2.64. The minimum Gasteiger partial charge on any atom is -0.542 e. The molecule has 0 aliphatic rings. The molecule has 0 spiro atoms. The van der Waals surface area contributed by atoms with E-state index >= 15 is 0 Å². The molecule has 7 heavy (non-hydrogen) atoms.